The fraction of sp³-hybridized carbons (Fsp3) is 0.435. The minimum absolute atomic E-state index is 0.0221. The number of nitrogens with one attached hydrogen (secondary N) is 1. The molecule has 2 saturated carbocycles. The van der Waals surface area contributed by atoms with Crippen molar-refractivity contribution in [3.63, 3.8) is 0 Å². The van der Waals surface area contributed by atoms with Gasteiger partial charge in [-0.1, -0.05) is 48.5 Å². The number of benzene rings is 2. The van der Waals surface area contributed by atoms with Crippen LogP contribution in [0.4, 0.5) is 13.6 Å². The lowest BCUT2D eigenvalue weighted by Crippen LogP contribution is -2.35. The van der Waals surface area contributed by atoms with Crippen molar-refractivity contribution < 1.29 is 18.3 Å². The molecule has 2 aromatic rings. The second kappa shape index (κ2) is 6.57. The fourth-order valence-corrected chi connectivity index (χ4v) is 5.49. The predicted molar refractivity (Wildman–Crippen MR) is 102 cm³/mol. The molecule has 0 saturated heterocycles. The SMILES string of the molecule is O=C(NC1CC2CC(F)(F)CC2C1)OCC1c2ccccc2-c2ccccc21. The van der Waals surface area contributed by atoms with Crippen LogP contribution in [0.25, 0.3) is 11.1 Å². The summed E-state index contributed by atoms with van der Waals surface area (Å²) < 4.78 is 32.5. The van der Waals surface area contributed by atoms with E-state index >= 15 is 0 Å². The molecule has 0 aliphatic heterocycles. The van der Waals surface area contributed by atoms with Crippen LogP contribution in [0, 0.1) is 11.8 Å². The summed E-state index contributed by atoms with van der Waals surface area (Å²) >= 11 is 0. The van der Waals surface area contributed by atoms with Crippen LogP contribution in [0.5, 0.6) is 0 Å². The largest absolute Gasteiger partial charge is 0.449 e. The van der Waals surface area contributed by atoms with E-state index in [2.05, 4.69) is 29.6 Å². The van der Waals surface area contributed by atoms with Crippen molar-refractivity contribution in [2.24, 2.45) is 11.8 Å². The lowest BCUT2D eigenvalue weighted by atomic mass is 9.98. The molecule has 3 aliphatic carbocycles. The summed E-state index contributed by atoms with van der Waals surface area (Å²) in [6.45, 7) is 0.275. The zero-order valence-corrected chi connectivity index (χ0v) is 15.5. The molecule has 1 amide bonds. The molecule has 1 N–H and O–H groups in total. The molecule has 2 unspecified atom stereocenters. The molecule has 2 fully saturated rings. The Morgan fingerprint density at radius 2 is 1.50 bits per heavy atom. The normalized spacial score (nSPS) is 27.1. The van der Waals surface area contributed by atoms with Crippen molar-refractivity contribution in [1.82, 2.24) is 5.32 Å². The standard InChI is InChI=1S/C23H23F2NO2/c24-23(25)11-14-9-16(10-15(14)12-23)26-22(27)28-13-21-19-7-3-1-5-17(19)18-6-2-4-8-20(18)21/h1-8,14-16,21H,9-13H2,(H,26,27). The number of alkyl carbamates (subject to hydrolysis) is 1. The molecule has 28 heavy (non-hydrogen) atoms. The highest BCUT2D eigenvalue weighted by atomic mass is 19.3. The Labute approximate surface area is 163 Å². The number of carbonyl (C=O) groups is 1. The van der Waals surface area contributed by atoms with Crippen LogP contribution >= 0.6 is 0 Å². The van der Waals surface area contributed by atoms with Crippen LogP contribution in [-0.2, 0) is 4.74 Å². The maximum absolute atomic E-state index is 13.5. The van der Waals surface area contributed by atoms with Crippen LogP contribution in [-0.4, -0.2) is 24.7 Å². The minimum Gasteiger partial charge on any atom is -0.449 e. The maximum Gasteiger partial charge on any atom is 0.407 e. The van der Waals surface area contributed by atoms with Gasteiger partial charge in [0.05, 0.1) is 0 Å². The van der Waals surface area contributed by atoms with Crippen LogP contribution in [0.2, 0.25) is 0 Å². The van der Waals surface area contributed by atoms with Crippen LogP contribution < -0.4 is 5.32 Å². The number of alkyl halides is 2. The molecule has 5 heteroatoms. The Hall–Kier alpha value is -2.43. The summed E-state index contributed by atoms with van der Waals surface area (Å²) in [6, 6.07) is 16.4. The average Bonchev–Trinajstić information content (AvgIpc) is 3.26. The Kier molecular flexibility index (Phi) is 4.14. The lowest BCUT2D eigenvalue weighted by Gasteiger charge is -2.18. The van der Waals surface area contributed by atoms with E-state index in [1.807, 2.05) is 24.3 Å². The zero-order chi connectivity index (χ0) is 19.3. The van der Waals surface area contributed by atoms with E-state index in [0.717, 1.165) is 0 Å². The highest BCUT2D eigenvalue weighted by Crippen LogP contribution is 2.51. The molecule has 0 aromatic heterocycles. The van der Waals surface area contributed by atoms with Gasteiger partial charge in [-0.05, 0) is 46.9 Å². The third kappa shape index (κ3) is 3.07. The Morgan fingerprint density at radius 3 is 2.07 bits per heavy atom. The first kappa shape index (κ1) is 17.7. The average molecular weight is 383 g/mol. The molecular weight excluding hydrogens is 360 g/mol. The molecule has 3 aliphatic rings. The highest BCUT2D eigenvalue weighted by Gasteiger charge is 2.50. The van der Waals surface area contributed by atoms with E-state index in [4.69, 9.17) is 4.74 Å². The molecule has 146 valence electrons. The number of halogens is 2. The second-order valence-corrected chi connectivity index (χ2v) is 8.42. The van der Waals surface area contributed by atoms with Crippen molar-refractivity contribution in [3.05, 3.63) is 59.7 Å². The molecular formula is C23H23F2NO2. The zero-order valence-electron chi connectivity index (χ0n) is 15.5. The van der Waals surface area contributed by atoms with Crippen molar-refractivity contribution in [2.75, 3.05) is 6.61 Å². The smallest absolute Gasteiger partial charge is 0.407 e. The maximum atomic E-state index is 13.5. The van der Waals surface area contributed by atoms with E-state index in [1.54, 1.807) is 0 Å². The van der Waals surface area contributed by atoms with Gasteiger partial charge in [0, 0.05) is 24.8 Å². The summed E-state index contributed by atoms with van der Waals surface area (Å²) in [7, 11) is 0. The number of hydrogen-bond acceptors (Lipinski definition) is 2. The van der Waals surface area contributed by atoms with Gasteiger partial charge in [0.1, 0.15) is 6.61 Å². The third-order valence-electron chi connectivity index (χ3n) is 6.63. The number of hydrogen-bond donors (Lipinski definition) is 1. The van der Waals surface area contributed by atoms with Gasteiger partial charge < -0.3 is 10.1 Å². The van der Waals surface area contributed by atoms with Gasteiger partial charge in [-0.2, -0.15) is 0 Å². The summed E-state index contributed by atoms with van der Waals surface area (Å²) in [6.07, 6.45) is 0.731. The monoisotopic (exact) mass is 383 g/mol. The summed E-state index contributed by atoms with van der Waals surface area (Å²) in [5.41, 5.74) is 4.73. The van der Waals surface area contributed by atoms with Crippen LogP contribution in [0.1, 0.15) is 42.7 Å². The van der Waals surface area contributed by atoms with E-state index < -0.39 is 12.0 Å². The minimum atomic E-state index is -2.52. The fourth-order valence-electron chi connectivity index (χ4n) is 5.49. The van der Waals surface area contributed by atoms with Crippen molar-refractivity contribution in [1.29, 1.82) is 0 Å². The van der Waals surface area contributed by atoms with Gasteiger partial charge in [-0.15, -0.1) is 0 Å². The van der Waals surface area contributed by atoms with Gasteiger partial charge in [0.15, 0.2) is 0 Å². The molecule has 0 heterocycles. The Bertz CT molecular complexity index is 851. The molecule has 5 rings (SSSR count). The van der Waals surface area contributed by atoms with E-state index in [0.29, 0.717) is 12.8 Å². The molecule has 3 nitrogen and oxygen atoms in total. The van der Waals surface area contributed by atoms with Crippen molar-refractivity contribution in [3.8, 4) is 11.1 Å². The number of ether oxygens (including phenoxy) is 1. The van der Waals surface area contributed by atoms with Gasteiger partial charge in [0.2, 0.25) is 5.92 Å². The highest BCUT2D eigenvalue weighted by molar-refractivity contribution is 5.79. The Morgan fingerprint density at radius 1 is 0.964 bits per heavy atom. The van der Waals surface area contributed by atoms with Gasteiger partial charge >= 0.3 is 6.09 Å². The third-order valence-corrected chi connectivity index (χ3v) is 6.63. The lowest BCUT2D eigenvalue weighted by molar-refractivity contribution is -0.000309. The van der Waals surface area contributed by atoms with E-state index in [9.17, 15) is 13.6 Å². The van der Waals surface area contributed by atoms with Gasteiger partial charge in [-0.3, -0.25) is 0 Å². The van der Waals surface area contributed by atoms with Gasteiger partial charge in [0.25, 0.3) is 0 Å². The molecule has 0 bridgehead atoms. The first-order chi connectivity index (χ1) is 13.5. The Balaban J connectivity index is 1.21. The number of carbonyl (C=O) groups excluding carboxylic acids is 1. The summed E-state index contributed by atoms with van der Waals surface area (Å²) in [4.78, 5) is 12.3. The number of rotatable bonds is 3. The predicted octanol–water partition coefficient (Wildman–Crippen LogP) is 5.35. The quantitative estimate of drug-likeness (QED) is 0.776. The summed E-state index contributed by atoms with van der Waals surface area (Å²) in [5.74, 6) is -2.45. The summed E-state index contributed by atoms with van der Waals surface area (Å²) in [5, 5.41) is 2.90. The van der Waals surface area contributed by atoms with Crippen LogP contribution in [0.15, 0.2) is 48.5 Å². The first-order valence-corrected chi connectivity index (χ1v) is 9.99. The first-order valence-electron chi connectivity index (χ1n) is 9.99. The topological polar surface area (TPSA) is 38.3 Å². The van der Waals surface area contributed by atoms with Crippen molar-refractivity contribution in [2.45, 2.75) is 43.6 Å². The molecule has 0 radical (unpaired) electrons. The molecule has 0 spiro atoms. The van der Waals surface area contributed by atoms with Crippen molar-refractivity contribution >= 4 is 6.09 Å². The number of amides is 1. The van der Waals surface area contributed by atoms with E-state index in [-0.39, 0.29) is 43.2 Å². The molecule has 2 atom stereocenters. The molecule has 2 aromatic carbocycles. The van der Waals surface area contributed by atoms with Gasteiger partial charge in [-0.25, -0.2) is 13.6 Å². The number of fused-ring (bicyclic) bond motifs is 4. The van der Waals surface area contributed by atoms with Crippen LogP contribution in [0.3, 0.4) is 0 Å². The van der Waals surface area contributed by atoms with E-state index in [1.165, 1.54) is 22.3 Å². The second-order valence-electron chi connectivity index (χ2n) is 8.42.